The smallest absolute Gasteiger partial charge is 0.330 e. The highest BCUT2D eigenvalue weighted by Gasteiger charge is 2.03. The summed E-state index contributed by atoms with van der Waals surface area (Å²) < 4.78 is 10.8. The van der Waals surface area contributed by atoms with Gasteiger partial charge in [0.1, 0.15) is 5.75 Å². The topological polar surface area (TPSA) is 35.5 Å². The number of esters is 1. The van der Waals surface area contributed by atoms with Crippen LogP contribution >= 0.6 is 0 Å². The van der Waals surface area contributed by atoms with Crippen molar-refractivity contribution >= 4 is 5.97 Å². The molecule has 0 aliphatic carbocycles. The molecule has 0 aliphatic heterocycles. The first-order valence-corrected chi connectivity index (χ1v) is 11.2. The summed E-state index contributed by atoms with van der Waals surface area (Å²) in [6.45, 7) is 9.14. The van der Waals surface area contributed by atoms with Gasteiger partial charge < -0.3 is 9.47 Å². The molecule has 0 aliphatic rings. The lowest BCUT2D eigenvalue weighted by atomic mass is 9.97. The summed E-state index contributed by atoms with van der Waals surface area (Å²) in [7, 11) is 0. The van der Waals surface area contributed by atoms with Crippen LogP contribution in [-0.4, -0.2) is 19.2 Å². The van der Waals surface area contributed by atoms with E-state index in [4.69, 9.17) is 9.47 Å². The van der Waals surface area contributed by atoms with Gasteiger partial charge in [-0.2, -0.15) is 0 Å². The molecule has 2 rings (SSSR count). The van der Waals surface area contributed by atoms with Crippen LogP contribution in [0.4, 0.5) is 0 Å². The molecule has 3 heteroatoms. The van der Waals surface area contributed by atoms with Crippen molar-refractivity contribution in [3.63, 3.8) is 0 Å². The van der Waals surface area contributed by atoms with Crippen molar-refractivity contribution in [2.45, 2.75) is 58.8 Å². The van der Waals surface area contributed by atoms with Gasteiger partial charge in [0.2, 0.25) is 0 Å². The van der Waals surface area contributed by atoms with E-state index in [0.29, 0.717) is 6.61 Å². The third-order valence-corrected chi connectivity index (χ3v) is 5.39. The van der Waals surface area contributed by atoms with E-state index in [1.54, 1.807) is 0 Å². The van der Waals surface area contributed by atoms with Gasteiger partial charge in [-0.3, -0.25) is 0 Å². The third kappa shape index (κ3) is 8.86. The molecule has 0 amide bonds. The van der Waals surface area contributed by atoms with Gasteiger partial charge in [0.15, 0.2) is 0 Å². The van der Waals surface area contributed by atoms with E-state index in [9.17, 15) is 4.79 Å². The second-order valence-corrected chi connectivity index (χ2v) is 7.93. The molecule has 0 bridgehead atoms. The molecular weight excluding hydrogens is 372 g/mol. The lowest BCUT2D eigenvalue weighted by molar-refractivity contribution is -0.137. The van der Waals surface area contributed by atoms with Crippen LogP contribution in [0.3, 0.4) is 0 Å². The first kappa shape index (κ1) is 23.7. The Labute approximate surface area is 182 Å². The second kappa shape index (κ2) is 13.6. The van der Waals surface area contributed by atoms with Gasteiger partial charge in [-0.25, -0.2) is 4.79 Å². The molecular formula is C27H36O3. The SMILES string of the molecule is C=CC(=O)OCCCCCCCOc1ccc(-c2ccc(C[C@@H](C)CC)cc2)cc1. The molecule has 0 N–H and O–H groups in total. The Balaban J connectivity index is 1.64. The third-order valence-electron chi connectivity index (χ3n) is 5.39. The summed E-state index contributed by atoms with van der Waals surface area (Å²) >= 11 is 0. The first-order valence-electron chi connectivity index (χ1n) is 11.2. The Morgan fingerprint density at radius 1 is 0.900 bits per heavy atom. The summed E-state index contributed by atoms with van der Waals surface area (Å²) in [4.78, 5) is 10.9. The van der Waals surface area contributed by atoms with Crippen molar-refractivity contribution < 1.29 is 14.3 Å². The molecule has 0 fully saturated rings. The van der Waals surface area contributed by atoms with Crippen LogP contribution in [0.15, 0.2) is 61.2 Å². The number of unbranched alkanes of at least 4 members (excludes halogenated alkanes) is 4. The largest absolute Gasteiger partial charge is 0.494 e. The zero-order valence-electron chi connectivity index (χ0n) is 18.6. The highest BCUT2D eigenvalue weighted by atomic mass is 16.5. The van der Waals surface area contributed by atoms with Gasteiger partial charge in [0.05, 0.1) is 13.2 Å². The van der Waals surface area contributed by atoms with Crippen molar-refractivity contribution in [3.05, 3.63) is 66.7 Å². The molecule has 0 aromatic heterocycles. The maximum Gasteiger partial charge on any atom is 0.330 e. The standard InChI is InChI=1S/C27H36O3/c1-4-22(3)21-23-11-13-24(14-12-23)25-15-17-26(18-16-25)29-19-9-7-6-8-10-20-30-27(28)5-2/h5,11-18,22H,2,4,6-10,19-21H2,1,3H3/t22-/m0/s1. The van der Waals surface area contributed by atoms with Crippen LogP contribution in [0.2, 0.25) is 0 Å². The van der Waals surface area contributed by atoms with Crippen LogP contribution in [-0.2, 0) is 16.0 Å². The highest BCUT2D eigenvalue weighted by molar-refractivity contribution is 5.81. The van der Waals surface area contributed by atoms with Gasteiger partial charge in [0, 0.05) is 6.08 Å². The number of carbonyl (C=O) groups is 1. The molecule has 0 spiro atoms. The quantitative estimate of drug-likeness (QED) is 0.192. The second-order valence-electron chi connectivity index (χ2n) is 7.93. The van der Waals surface area contributed by atoms with E-state index < -0.39 is 0 Å². The van der Waals surface area contributed by atoms with Gasteiger partial charge in [-0.1, -0.05) is 82.5 Å². The van der Waals surface area contributed by atoms with Crippen LogP contribution in [0, 0.1) is 5.92 Å². The Kier molecular flexibility index (Phi) is 10.8. The van der Waals surface area contributed by atoms with Crippen LogP contribution in [0.5, 0.6) is 5.75 Å². The number of carbonyl (C=O) groups excluding carboxylic acids is 1. The van der Waals surface area contributed by atoms with Crippen molar-refractivity contribution in [2.75, 3.05) is 13.2 Å². The maximum absolute atomic E-state index is 10.9. The molecule has 3 nitrogen and oxygen atoms in total. The fourth-order valence-corrected chi connectivity index (χ4v) is 3.28. The molecule has 2 aromatic rings. The number of rotatable bonds is 14. The van der Waals surface area contributed by atoms with Gasteiger partial charge >= 0.3 is 5.97 Å². The Bertz CT molecular complexity index is 747. The van der Waals surface area contributed by atoms with Crippen molar-refractivity contribution in [2.24, 2.45) is 5.92 Å². The first-order chi connectivity index (χ1) is 14.6. The summed E-state index contributed by atoms with van der Waals surface area (Å²) in [5.74, 6) is 1.31. The summed E-state index contributed by atoms with van der Waals surface area (Å²) in [5.41, 5.74) is 3.87. The molecule has 162 valence electrons. The van der Waals surface area contributed by atoms with Crippen molar-refractivity contribution in [1.29, 1.82) is 0 Å². The number of hydrogen-bond donors (Lipinski definition) is 0. The lowest BCUT2D eigenvalue weighted by Gasteiger charge is -2.10. The fourth-order valence-electron chi connectivity index (χ4n) is 3.28. The van der Waals surface area contributed by atoms with E-state index in [2.05, 4.69) is 69.0 Å². The minimum atomic E-state index is -0.340. The molecule has 0 radical (unpaired) electrons. The predicted octanol–water partition coefficient (Wildman–Crippen LogP) is 7.00. The summed E-state index contributed by atoms with van der Waals surface area (Å²) in [6, 6.07) is 17.3. The molecule has 0 saturated carbocycles. The van der Waals surface area contributed by atoms with Crippen LogP contribution in [0.25, 0.3) is 11.1 Å². The lowest BCUT2D eigenvalue weighted by Crippen LogP contribution is -2.01. The average molecular weight is 409 g/mol. The van der Waals surface area contributed by atoms with E-state index in [1.807, 2.05) is 0 Å². The van der Waals surface area contributed by atoms with Crippen LogP contribution in [0.1, 0.15) is 57.9 Å². The van der Waals surface area contributed by atoms with E-state index in [0.717, 1.165) is 56.8 Å². The van der Waals surface area contributed by atoms with E-state index >= 15 is 0 Å². The van der Waals surface area contributed by atoms with E-state index in [-0.39, 0.29) is 5.97 Å². The normalized spacial score (nSPS) is 11.7. The fraction of sp³-hybridized carbons (Fsp3) is 0.444. The van der Waals surface area contributed by atoms with Gasteiger partial charge in [0.25, 0.3) is 0 Å². The molecule has 0 saturated heterocycles. The minimum Gasteiger partial charge on any atom is -0.494 e. The Morgan fingerprint density at radius 2 is 1.47 bits per heavy atom. The Morgan fingerprint density at radius 3 is 2.07 bits per heavy atom. The molecule has 1 atom stereocenters. The minimum absolute atomic E-state index is 0.340. The average Bonchev–Trinajstić information content (AvgIpc) is 2.78. The van der Waals surface area contributed by atoms with Crippen molar-refractivity contribution in [1.82, 2.24) is 0 Å². The van der Waals surface area contributed by atoms with Gasteiger partial charge in [-0.05, 0) is 54.0 Å². The molecule has 30 heavy (non-hydrogen) atoms. The predicted molar refractivity (Wildman–Crippen MR) is 125 cm³/mol. The zero-order valence-corrected chi connectivity index (χ0v) is 18.6. The maximum atomic E-state index is 10.9. The summed E-state index contributed by atoms with van der Waals surface area (Å²) in [6.07, 6.45) is 8.82. The van der Waals surface area contributed by atoms with E-state index in [1.165, 1.54) is 29.2 Å². The zero-order chi connectivity index (χ0) is 21.6. The number of hydrogen-bond acceptors (Lipinski definition) is 3. The number of ether oxygens (including phenoxy) is 2. The molecule has 0 unspecified atom stereocenters. The van der Waals surface area contributed by atoms with Gasteiger partial charge in [-0.15, -0.1) is 0 Å². The monoisotopic (exact) mass is 408 g/mol. The molecule has 0 heterocycles. The highest BCUT2D eigenvalue weighted by Crippen LogP contribution is 2.24. The van der Waals surface area contributed by atoms with Crippen LogP contribution < -0.4 is 4.74 Å². The number of benzene rings is 2. The summed E-state index contributed by atoms with van der Waals surface area (Å²) in [5, 5.41) is 0. The Hall–Kier alpha value is -2.55. The van der Waals surface area contributed by atoms with Crippen molar-refractivity contribution in [3.8, 4) is 16.9 Å². The molecule has 2 aromatic carbocycles.